The minimum absolute atomic E-state index is 0.0168. The molecule has 6 heteroatoms. The molecule has 0 radical (unpaired) electrons. The van der Waals surface area contributed by atoms with Gasteiger partial charge in [0.05, 0.1) is 6.54 Å². The Hall–Kier alpha value is -2.11. The van der Waals surface area contributed by atoms with Crippen molar-refractivity contribution in [2.24, 2.45) is 5.16 Å². The van der Waals surface area contributed by atoms with E-state index in [1.165, 1.54) is 24.3 Å². The maximum Gasteiger partial charge on any atom is 0.407 e. The molecule has 0 fully saturated rings. The third-order valence-corrected chi connectivity index (χ3v) is 2.10. The second-order valence-electron chi connectivity index (χ2n) is 4.91. The average Bonchev–Trinajstić information content (AvgIpc) is 2.29. The van der Waals surface area contributed by atoms with E-state index in [1.54, 1.807) is 20.8 Å². The van der Waals surface area contributed by atoms with Gasteiger partial charge in [-0.05, 0) is 32.9 Å². The summed E-state index contributed by atoms with van der Waals surface area (Å²) in [6, 6.07) is 5.41. The summed E-state index contributed by atoms with van der Waals surface area (Å²) < 4.78 is 17.8. The first-order chi connectivity index (χ1) is 8.81. The standard InChI is InChI=1S/C13H17FN2O3/c1-13(2,3)19-12(17)15-8-11(16-18)9-4-6-10(14)7-5-9/h4-7,18H,8H2,1-3H3,(H,15,17)/b16-11-. The molecule has 0 aliphatic carbocycles. The summed E-state index contributed by atoms with van der Waals surface area (Å²) in [4.78, 5) is 11.4. The van der Waals surface area contributed by atoms with Gasteiger partial charge in [0.2, 0.25) is 0 Å². The molecule has 0 aliphatic heterocycles. The van der Waals surface area contributed by atoms with Gasteiger partial charge in [-0.15, -0.1) is 0 Å². The highest BCUT2D eigenvalue weighted by molar-refractivity contribution is 6.02. The topological polar surface area (TPSA) is 70.9 Å². The molecule has 0 aromatic heterocycles. The summed E-state index contributed by atoms with van der Waals surface area (Å²) in [7, 11) is 0. The fourth-order valence-corrected chi connectivity index (χ4v) is 1.31. The van der Waals surface area contributed by atoms with Gasteiger partial charge in [-0.3, -0.25) is 0 Å². The SMILES string of the molecule is CC(C)(C)OC(=O)NC/C(=N/O)c1ccc(F)cc1. The minimum atomic E-state index is -0.615. The van der Waals surface area contributed by atoms with E-state index in [-0.39, 0.29) is 18.1 Å². The van der Waals surface area contributed by atoms with Gasteiger partial charge in [-0.1, -0.05) is 17.3 Å². The summed E-state index contributed by atoms with van der Waals surface area (Å²) >= 11 is 0. The highest BCUT2D eigenvalue weighted by atomic mass is 19.1. The van der Waals surface area contributed by atoms with Crippen molar-refractivity contribution in [3.05, 3.63) is 35.6 Å². The van der Waals surface area contributed by atoms with Gasteiger partial charge in [0.1, 0.15) is 17.1 Å². The van der Waals surface area contributed by atoms with Gasteiger partial charge >= 0.3 is 6.09 Å². The van der Waals surface area contributed by atoms with E-state index in [4.69, 9.17) is 9.94 Å². The largest absolute Gasteiger partial charge is 0.444 e. The van der Waals surface area contributed by atoms with Crippen molar-refractivity contribution >= 4 is 11.8 Å². The Labute approximate surface area is 111 Å². The van der Waals surface area contributed by atoms with Crippen molar-refractivity contribution in [1.82, 2.24) is 5.32 Å². The van der Waals surface area contributed by atoms with E-state index in [9.17, 15) is 9.18 Å². The first-order valence-electron chi connectivity index (χ1n) is 5.75. The zero-order chi connectivity index (χ0) is 14.5. The Kier molecular flexibility index (Phi) is 4.86. The lowest BCUT2D eigenvalue weighted by atomic mass is 10.1. The second-order valence-corrected chi connectivity index (χ2v) is 4.91. The van der Waals surface area contributed by atoms with Crippen LogP contribution in [0.5, 0.6) is 0 Å². The number of benzene rings is 1. The third kappa shape index (κ3) is 5.37. The summed E-state index contributed by atoms with van der Waals surface area (Å²) in [5.74, 6) is -0.388. The van der Waals surface area contributed by atoms with Crippen LogP contribution in [0.3, 0.4) is 0 Å². The molecule has 1 amide bonds. The quantitative estimate of drug-likeness (QED) is 0.502. The maximum atomic E-state index is 12.8. The normalized spacial score (nSPS) is 12.1. The van der Waals surface area contributed by atoms with Crippen molar-refractivity contribution in [3.63, 3.8) is 0 Å². The average molecular weight is 268 g/mol. The molecule has 1 aromatic rings. The molecule has 0 aliphatic rings. The third-order valence-electron chi connectivity index (χ3n) is 2.10. The lowest BCUT2D eigenvalue weighted by molar-refractivity contribution is 0.0536. The predicted molar refractivity (Wildman–Crippen MR) is 69.0 cm³/mol. The fourth-order valence-electron chi connectivity index (χ4n) is 1.31. The van der Waals surface area contributed by atoms with Crippen LogP contribution in [-0.4, -0.2) is 29.2 Å². The van der Waals surface area contributed by atoms with E-state index in [0.29, 0.717) is 5.56 Å². The van der Waals surface area contributed by atoms with Crippen LogP contribution < -0.4 is 5.32 Å². The van der Waals surface area contributed by atoms with Gasteiger partial charge in [0.25, 0.3) is 0 Å². The number of carbonyl (C=O) groups is 1. The molecule has 104 valence electrons. The van der Waals surface area contributed by atoms with Crippen LogP contribution in [0.1, 0.15) is 26.3 Å². The van der Waals surface area contributed by atoms with Gasteiger partial charge in [0.15, 0.2) is 0 Å². The number of rotatable bonds is 3. The van der Waals surface area contributed by atoms with Crippen LogP contribution in [0.2, 0.25) is 0 Å². The molecular formula is C13H17FN2O3. The van der Waals surface area contributed by atoms with Crippen LogP contribution in [0.25, 0.3) is 0 Å². The van der Waals surface area contributed by atoms with Crippen molar-refractivity contribution in [2.75, 3.05) is 6.54 Å². The molecule has 0 unspecified atom stereocenters. The zero-order valence-corrected chi connectivity index (χ0v) is 11.1. The molecule has 0 spiro atoms. The van der Waals surface area contributed by atoms with Crippen LogP contribution >= 0.6 is 0 Å². The number of hydrogen-bond acceptors (Lipinski definition) is 4. The van der Waals surface area contributed by atoms with Crippen molar-refractivity contribution in [2.45, 2.75) is 26.4 Å². The van der Waals surface area contributed by atoms with Gasteiger partial charge < -0.3 is 15.3 Å². The summed E-state index contributed by atoms with van der Waals surface area (Å²) in [5, 5.41) is 14.4. The molecule has 0 heterocycles. The molecule has 0 atom stereocenters. The number of oxime groups is 1. The van der Waals surface area contributed by atoms with E-state index in [2.05, 4.69) is 10.5 Å². The zero-order valence-electron chi connectivity index (χ0n) is 11.1. The predicted octanol–water partition coefficient (Wildman–Crippen LogP) is 2.53. The highest BCUT2D eigenvalue weighted by Crippen LogP contribution is 2.07. The van der Waals surface area contributed by atoms with Crippen LogP contribution in [0.15, 0.2) is 29.4 Å². The van der Waals surface area contributed by atoms with Crippen LogP contribution in [0.4, 0.5) is 9.18 Å². The lowest BCUT2D eigenvalue weighted by Crippen LogP contribution is -2.35. The van der Waals surface area contributed by atoms with Crippen molar-refractivity contribution < 1.29 is 19.1 Å². The van der Waals surface area contributed by atoms with E-state index >= 15 is 0 Å². The number of alkyl carbamates (subject to hydrolysis) is 1. The number of nitrogens with one attached hydrogen (secondary N) is 1. The minimum Gasteiger partial charge on any atom is -0.444 e. The number of nitrogens with zero attached hydrogens (tertiary/aromatic N) is 1. The first kappa shape index (κ1) is 14.9. The molecule has 2 N–H and O–H groups in total. The van der Waals surface area contributed by atoms with E-state index < -0.39 is 11.7 Å². The Balaban J connectivity index is 2.60. The summed E-state index contributed by atoms with van der Waals surface area (Å²) in [6.07, 6.45) is -0.615. The van der Waals surface area contributed by atoms with Crippen LogP contribution in [0, 0.1) is 5.82 Å². The van der Waals surface area contributed by atoms with E-state index in [1.807, 2.05) is 0 Å². The smallest absolute Gasteiger partial charge is 0.407 e. The molecule has 0 saturated carbocycles. The Morgan fingerprint density at radius 2 is 1.95 bits per heavy atom. The Morgan fingerprint density at radius 1 is 1.37 bits per heavy atom. The number of amides is 1. The van der Waals surface area contributed by atoms with Crippen molar-refractivity contribution in [1.29, 1.82) is 0 Å². The number of ether oxygens (including phenoxy) is 1. The molecule has 5 nitrogen and oxygen atoms in total. The fraction of sp³-hybridized carbons (Fsp3) is 0.385. The molecule has 0 saturated heterocycles. The molecule has 19 heavy (non-hydrogen) atoms. The number of hydrogen-bond donors (Lipinski definition) is 2. The Bertz CT molecular complexity index is 464. The van der Waals surface area contributed by atoms with Crippen LogP contribution in [-0.2, 0) is 4.74 Å². The van der Waals surface area contributed by atoms with Crippen molar-refractivity contribution in [3.8, 4) is 0 Å². The highest BCUT2D eigenvalue weighted by Gasteiger charge is 2.16. The van der Waals surface area contributed by atoms with E-state index in [0.717, 1.165) is 0 Å². The number of halogens is 1. The molecular weight excluding hydrogens is 251 g/mol. The monoisotopic (exact) mass is 268 g/mol. The second kappa shape index (κ2) is 6.17. The number of carbonyl (C=O) groups excluding carboxylic acids is 1. The lowest BCUT2D eigenvalue weighted by Gasteiger charge is -2.19. The van der Waals surface area contributed by atoms with Gasteiger partial charge in [-0.25, -0.2) is 9.18 Å². The molecule has 1 aromatic carbocycles. The Morgan fingerprint density at radius 3 is 2.42 bits per heavy atom. The maximum absolute atomic E-state index is 12.8. The molecule has 0 bridgehead atoms. The molecule has 1 rings (SSSR count). The first-order valence-corrected chi connectivity index (χ1v) is 5.75. The van der Waals surface area contributed by atoms with Gasteiger partial charge in [0, 0.05) is 5.56 Å². The summed E-state index contributed by atoms with van der Waals surface area (Å²) in [6.45, 7) is 5.21. The van der Waals surface area contributed by atoms with Gasteiger partial charge in [-0.2, -0.15) is 0 Å². The summed E-state index contributed by atoms with van der Waals surface area (Å²) in [5.41, 5.74) is 0.127.